The summed E-state index contributed by atoms with van der Waals surface area (Å²) < 4.78 is 7.99. The molecule has 7 heteroatoms. The first-order valence-corrected chi connectivity index (χ1v) is 11.2. The van der Waals surface area contributed by atoms with Gasteiger partial charge in [0.2, 0.25) is 0 Å². The van der Waals surface area contributed by atoms with Crippen LogP contribution in [0.4, 0.5) is 0 Å². The number of hydrazone groups is 1. The van der Waals surface area contributed by atoms with E-state index in [0.717, 1.165) is 24.0 Å². The highest BCUT2D eigenvalue weighted by molar-refractivity contribution is 14.1. The van der Waals surface area contributed by atoms with Crippen LogP contribution in [0.2, 0.25) is 5.02 Å². The summed E-state index contributed by atoms with van der Waals surface area (Å²) in [4.78, 5) is 12.1. The largest absolute Gasteiger partial charge is 0.487 e. The molecule has 0 heterocycles. The lowest BCUT2D eigenvalue weighted by Crippen LogP contribution is -2.17. The highest BCUT2D eigenvalue weighted by Crippen LogP contribution is 2.29. The van der Waals surface area contributed by atoms with Crippen molar-refractivity contribution in [2.24, 2.45) is 5.10 Å². The maximum absolute atomic E-state index is 12.1. The SMILES string of the molecule is Cc1cccc(COc2c(I)cc(/C=N\NC(=O)c3ccc(Cl)cc3)cc2I)c1. The Morgan fingerprint density at radius 3 is 2.45 bits per heavy atom. The van der Waals surface area contributed by atoms with Crippen molar-refractivity contribution in [2.75, 3.05) is 0 Å². The van der Waals surface area contributed by atoms with E-state index in [4.69, 9.17) is 16.3 Å². The molecule has 0 saturated heterocycles. The average molecular weight is 631 g/mol. The number of ether oxygens (including phenoxy) is 1. The van der Waals surface area contributed by atoms with Gasteiger partial charge < -0.3 is 4.74 Å². The Morgan fingerprint density at radius 1 is 1.10 bits per heavy atom. The minimum atomic E-state index is -0.291. The number of carbonyl (C=O) groups excluding carboxylic acids is 1. The summed E-state index contributed by atoms with van der Waals surface area (Å²) in [5, 5.41) is 4.63. The van der Waals surface area contributed by atoms with Crippen LogP contribution in [0.5, 0.6) is 5.75 Å². The minimum Gasteiger partial charge on any atom is -0.487 e. The van der Waals surface area contributed by atoms with Crippen LogP contribution in [0, 0.1) is 14.1 Å². The van der Waals surface area contributed by atoms with E-state index >= 15 is 0 Å². The monoisotopic (exact) mass is 630 g/mol. The first-order valence-electron chi connectivity index (χ1n) is 8.69. The number of aryl methyl sites for hydroxylation is 1. The van der Waals surface area contributed by atoms with E-state index in [0.29, 0.717) is 17.2 Å². The third-order valence-electron chi connectivity index (χ3n) is 3.97. The molecule has 0 radical (unpaired) electrons. The molecule has 148 valence electrons. The van der Waals surface area contributed by atoms with Gasteiger partial charge in [-0.25, -0.2) is 5.43 Å². The van der Waals surface area contributed by atoms with Crippen molar-refractivity contribution in [3.05, 3.63) is 95.1 Å². The molecule has 0 fully saturated rings. The van der Waals surface area contributed by atoms with Crippen molar-refractivity contribution in [2.45, 2.75) is 13.5 Å². The Bertz CT molecular complexity index is 1030. The van der Waals surface area contributed by atoms with E-state index in [-0.39, 0.29) is 5.91 Å². The van der Waals surface area contributed by atoms with Gasteiger partial charge in [-0.3, -0.25) is 4.79 Å². The van der Waals surface area contributed by atoms with Gasteiger partial charge in [0.05, 0.1) is 13.4 Å². The van der Waals surface area contributed by atoms with E-state index in [1.165, 1.54) is 5.56 Å². The zero-order chi connectivity index (χ0) is 20.8. The predicted octanol–water partition coefficient (Wildman–Crippen LogP) is 6.20. The third kappa shape index (κ3) is 6.42. The molecule has 4 nitrogen and oxygen atoms in total. The van der Waals surface area contributed by atoms with Crippen molar-refractivity contribution < 1.29 is 9.53 Å². The molecule has 0 bridgehead atoms. The number of benzene rings is 3. The van der Waals surface area contributed by atoms with Gasteiger partial charge in [-0.15, -0.1) is 0 Å². The number of hydrogen-bond donors (Lipinski definition) is 1. The molecule has 0 saturated carbocycles. The topological polar surface area (TPSA) is 50.7 Å². The van der Waals surface area contributed by atoms with Gasteiger partial charge in [0.15, 0.2) is 0 Å². The molecule has 29 heavy (non-hydrogen) atoms. The molecule has 1 N–H and O–H groups in total. The second kappa shape index (κ2) is 10.4. The molecule has 0 aromatic heterocycles. The molecule has 0 aliphatic heterocycles. The Balaban J connectivity index is 1.64. The molecule has 0 aliphatic rings. The van der Waals surface area contributed by atoms with Gasteiger partial charge in [0.25, 0.3) is 5.91 Å². The number of amides is 1. The summed E-state index contributed by atoms with van der Waals surface area (Å²) in [5.41, 5.74) is 6.24. The highest BCUT2D eigenvalue weighted by Gasteiger charge is 2.09. The number of hydrogen-bond acceptors (Lipinski definition) is 3. The zero-order valence-electron chi connectivity index (χ0n) is 15.5. The van der Waals surface area contributed by atoms with Crippen molar-refractivity contribution in [1.82, 2.24) is 5.43 Å². The van der Waals surface area contributed by atoms with Gasteiger partial charge in [-0.05, 0) is 99.6 Å². The first-order chi connectivity index (χ1) is 13.9. The molecule has 0 unspecified atom stereocenters. The van der Waals surface area contributed by atoms with Crippen LogP contribution in [-0.4, -0.2) is 12.1 Å². The molecule has 1 amide bonds. The van der Waals surface area contributed by atoms with Crippen LogP contribution in [0.15, 0.2) is 65.8 Å². The fraction of sp³-hybridized carbons (Fsp3) is 0.0909. The van der Waals surface area contributed by atoms with Crippen molar-refractivity contribution >= 4 is 68.9 Å². The molecule has 0 aliphatic carbocycles. The summed E-state index contributed by atoms with van der Waals surface area (Å²) in [5.74, 6) is 0.551. The Morgan fingerprint density at radius 2 is 1.79 bits per heavy atom. The number of carbonyl (C=O) groups is 1. The Kier molecular flexibility index (Phi) is 7.91. The maximum Gasteiger partial charge on any atom is 0.271 e. The van der Waals surface area contributed by atoms with Crippen LogP contribution in [0.25, 0.3) is 0 Å². The van der Waals surface area contributed by atoms with Gasteiger partial charge in [-0.1, -0.05) is 41.4 Å². The third-order valence-corrected chi connectivity index (χ3v) is 5.83. The van der Waals surface area contributed by atoms with E-state index in [1.54, 1.807) is 30.5 Å². The van der Waals surface area contributed by atoms with Gasteiger partial charge in [0.1, 0.15) is 12.4 Å². The number of rotatable bonds is 6. The van der Waals surface area contributed by atoms with Gasteiger partial charge >= 0.3 is 0 Å². The summed E-state index contributed by atoms with van der Waals surface area (Å²) in [6.07, 6.45) is 1.61. The van der Waals surface area contributed by atoms with Crippen LogP contribution in [-0.2, 0) is 6.61 Å². The lowest BCUT2D eigenvalue weighted by Gasteiger charge is -2.12. The number of nitrogens with one attached hydrogen (secondary N) is 1. The van der Waals surface area contributed by atoms with Crippen LogP contribution >= 0.6 is 56.8 Å². The van der Waals surface area contributed by atoms with Crippen LogP contribution in [0.3, 0.4) is 0 Å². The summed E-state index contributed by atoms with van der Waals surface area (Å²) in [6.45, 7) is 2.58. The highest BCUT2D eigenvalue weighted by atomic mass is 127. The number of nitrogens with zero attached hydrogens (tertiary/aromatic N) is 1. The quantitative estimate of drug-likeness (QED) is 0.200. The van der Waals surface area contributed by atoms with Crippen molar-refractivity contribution in [3.63, 3.8) is 0 Å². The fourth-order valence-electron chi connectivity index (χ4n) is 2.58. The van der Waals surface area contributed by atoms with E-state index in [2.05, 4.69) is 80.8 Å². The van der Waals surface area contributed by atoms with E-state index in [9.17, 15) is 4.79 Å². The van der Waals surface area contributed by atoms with Crippen LogP contribution < -0.4 is 10.2 Å². The molecule has 3 rings (SSSR count). The first kappa shape index (κ1) is 22.0. The lowest BCUT2D eigenvalue weighted by molar-refractivity contribution is 0.0955. The zero-order valence-corrected chi connectivity index (χ0v) is 20.5. The predicted molar refractivity (Wildman–Crippen MR) is 134 cm³/mol. The normalized spacial score (nSPS) is 10.9. The maximum atomic E-state index is 12.1. The van der Waals surface area contributed by atoms with Crippen LogP contribution in [0.1, 0.15) is 27.0 Å². The van der Waals surface area contributed by atoms with E-state index < -0.39 is 0 Å². The molecular formula is C22H17ClI2N2O2. The molecular weight excluding hydrogens is 614 g/mol. The van der Waals surface area contributed by atoms with Gasteiger partial charge in [0, 0.05) is 10.6 Å². The Labute approximate surface area is 202 Å². The van der Waals surface area contributed by atoms with Crippen molar-refractivity contribution in [3.8, 4) is 5.75 Å². The summed E-state index contributed by atoms with van der Waals surface area (Å²) in [7, 11) is 0. The average Bonchev–Trinajstić information content (AvgIpc) is 2.68. The number of halogens is 3. The van der Waals surface area contributed by atoms with Crippen molar-refractivity contribution in [1.29, 1.82) is 0 Å². The van der Waals surface area contributed by atoms with Gasteiger partial charge in [-0.2, -0.15) is 5.10 Å². The summed E-state index contributed by atoms with van der Waals surface area (Å²) in [6, 6.07) is 18.8. The molecule has 0 spiro atoms. The Hall–Kier alpha value is -1.65. The molecule has 3 aromatic carbocycles. The molecule has 0 atom stereocenters. The smallest absolute Gasteiger partial charge is 0.271 e. The lowest BCUT2D eigenvalue weighted by atomic mass is 10.1. The van der Waals surface area contributed by atoms with E-state index in [1.807, 2.05) is 18.2 Å². The fourth-order valence-corrected chi connectivity index (χ4v) is 4.83. The standard InChI is InChI=1S/C22H17ClI2N2O2/c1-14-3-2-4-15(9-14)13-29-21-19(24)10-16(11-20(21)25)12-26-27-22(28)17-5-7-18(23)8-6-17/h2-12H,13H2,1H3,(H,27,28)/b26-12-. The summed E-state index contributed by atoms with van der Waals surface area (Å²) >= 11 is 10.3. The second-order valence-electron chi connectivity index (χ2n) is 6.30. The second-order valence-corrected chi connectivity index (χ2v) is 9.06. The minimum absolute atomic E-state index is 0.291. The molecule has 3 aromatic rings.